The Bertz CT molecular complexity index is 519. The van der Waals surface area contributed by atoms with Gasteiger partial charge in [-0.2, -0.15) is 5.10 Å². The lowest BCUT2D eigenvalue weighted by Gasteiger charge is -2.16. The van der Waals surface area contributed by atoms with Gasteiger partial charge in [0.15, 0.2) is 5.82 Å². The average Bonchev–Trinajstić information content (AvgIpc) is 2.62. The Kier molecular flexibility index (Phi) is 2.42. The van der Waals surface area contributed by atoms with Gasteiger partial charge in [0.25, 0.3) is 0 Å². The van der Waals surface area contributed by atoms with Crippen molar-refractivity contribution in [3.63, 3.8) is 0 Å². The minimum atomic E-state index is -0.219. The van der Waals surface area contributed by atoms with Crippen LogP contribution in [0.4, 0.5) is 10.1 Å². The molecule has 0 saturated carbocycles. The number of aromatic amines is 1. The molecule has 80 valence electrons. The Balaban J connectivity index is 2.94. The molecule has 15 heavy (non-hydrogen) atoms. The molecule has 2 aromatic rings. The van der Waals surface area contributed by atoms with Crippen LogP contribution in [0.5, 0.6) is 0 Å². The lowest BCUT2D eigenvalue weighted by atomic mass is 10.1. The summed E-state index contributed by atoms with van der Waals surface area (Å²) in [6.45, 7) is 1.75. The summed E-state index contributed by atoms with van der Waals surface area (Å²) in [4.78, 5) is 1.75. The van der Waals surface area contributed by atoms with E-state index in [0.717, 1.165) is 15.4 Å². The van der Waals surface area contributed by atoms with Crippen LogP contribution in [0.25, 0.3) is 10.9 Å². The molecule has 5 heteroatoms. The molecular weight excluding hydrogens is 261 g/mol. The SMILES string of the molecule is Cc1c(F)c(N(C)C)c2[nH]ncc2c1Br. The van der Waals surface area contributed by atoms with Crippen molar-refractivity contribution in [1.29, 1.82) is 0 Å². The largest absolute Gasteiger partial charge is 0.374 e. The van der Waals surface area contributed by atoms with Gasteiger partial charge in [-0.3, -0.25) is 5.10 Å². The smallest absolute Gasteiger partial charge is 0.152 e. The van der Waals surface area contributed by atoms with Gasteiger partial charge >= 0.3 is 0 Å². The molecule has 0 spiro atoms. The second-order valence-corrected chi connectivity index (χ2v) is 4.45. The van der Waals surface area contributed by atoms with Crippen LogP contribution in [0.3, 0.4) is 0 Å². The number of anilines is 1. The summed E-state index contributed by atoms with van der Waals surface area (Å²) in [5, 5.41) is 7.66. The molecule has 1 heterocycles. The van der Waals surface area contributed by atoms with Crippen molar-refractivity contribution in [2.75, 3.05) is 19.0 Å². The molecule has 0 aliphatic carbocycles. The van der Waals surface area contributed by atoms with Crippen molar-refractivity contribution in [3.8, 4) is 0 Å². The van der Waals surface area contributed by atoms with Gasteiger partial charge in [-0.15, -0.1) is 0 Å². The van der Waals surface area contributed by atoms with Crippen molar-refractivity contribution >= 4 is 32.5 Å². The van der Waals surface area contributed by atoms with E-state index in [2.05, 4.69) is 26.1 Å². The molecule has 0 bridgehead atoms. The number of nitrogens with zero attached hydrogens (tertiary/aromatic N) is 2. The molecule has 0 atom stereocenters. The topological polar surface area (TPSA) is 31.9 Å². The first kappa shape index (κ1) is 10.4. The summed E-state index contributed by atoms with van der Waals surface area (Å²) in [6, 6.07) is 0. The van der Waals surface area contributed by atoms with E-state index in [1.54, 1.807) is 18.0 Å². The van der Waals surface area contributed by atoms with Gasteiger partial charge in [0.05, 0.1) is 17.4 Å². The quantitative estimate of drug-likeness (QED) is 0.865. The number of nitrogens with one attached hydrogen (secondary N) is 1. The number of fused-ring (bicyclic) bond motifs is 1. The molecule has 3 nitrogen and oxygen atoms in total. The number of aromatic nitrogens is 2. The predicted octanol–water partition coefficient (Wildman–Crippen LogP) is 2.84. The summed E-state index contributed by atoms with van der Waals surface area (Å²) in [6.07, 6.45) is 1.69. The Morgan fingerprint density at radius 3 is 2.73 bits per heavy atom. The number of hydrogen-bond donors (Lipinski definition) is 1. The fraction of sp³-hybridized carbons (Fsp3) is 0.300. The summed E-state index contributed by atoms with van der Waals surface area (Å²) in [5.74, 6) is -0.219. The highest BCUT2D eigenvalue weighted by molar-refractivity contribution is 9.10. The van der Waals surface area contributed by atoms with Gasteiger partial charge in [-0.1, -0.05) is 0 Å². The average molecular weight is 272 g/mol. The number of H-pyrrole nitrogens is 1. The third-order valence-corrected chi connectivity index (χ3v) is 3.45. The summed E-state index contributed by atoms with van der Waals surface area (Å²) >= 11 is 3.38. The first-order valence-corrected chi connectivity index (χ1v) is 5.31. The van der Waals surface area contributed by atoms with Gasteiger partial charge in [-0.05, 0) is 22.9 Å². The van der Waals surface area contributed by atoms with Crippen molar-refractivity contribution in [2.45, 2.75) is 6.92 Å². The van der Waals surface area contributed by atoms with Crippen molar-refractivity contribution in [2.24, 2.45) is 0 Å². The van der Waals surface area contributed by atoms with Gasteiger partial charge in [0.2, 0.25) is 0 Å². The number of halogens is 2. The normalized spacial score (nSPS) is 11.0. The number of rotatable bonds is 1. The number of benzene rings is 1. The van der Waals surface area contributed by atoms with Crippen LogP contribution < -0.4 is 4.90 Å². The highest BCUT2D eigenvalue weighted by atomic mass is 79.9. The van der Waals surface area contributed by atoms with E-state index in [-0.39, 0.29) is 5.82 Å². The lowest BCUT2D eigenvalue weighted by Crippen LogP contribution is -2.12. The number of hydrogen-bond acceptors (Lipinski definition) is 2. The van der Waals surface area contributed by atoms with E-state index in [0.29, 0.717) is 11.3 Å². The lowest BCUT2D eigenvalue weighted by molar-refractivity contribution is 0.617. The molecule has 0 radical (unpaired) electrons. The maximum absolute atomic E-state index is 14.0. The van der Waals surface area contributed by atoms with Crippen LogP contribution in [0.15, 0.2) is 10.7 Å². The maximum atomic E-state index is 14.0. The van der Waals surface area contributed by atoms with Gasteiger partial charge in [0, 0.05) is 29.5 Å². The van der Waals surface area contributed by atoms with E-state index >= 15 is 0 Å². The minimum Gasteiger partial charge on any atom is -0.374 e. The van der Waals surface area contributed by atoms with E-state index in [9.17, 15) is 4.39 Å². The molecule has 0 aliphatic rings. The molecule has 0 fully saturated rings. The van der Waals surface area contributed by atoms with Crippen LogP contribution >= 0.6 is 15.9 Å². The van der Waals surface area contributed by atoms with Crippen LogP contribution in [0.2, 0.25) is 0 Å². The zero-order valence-corrected chi connectivity index (χ0v) is 10.3. The van der Waals surface area contributed by atoms with E-state index in [1.807, 2.05) is 14.1 Å². The van der Waals surface area contributed by atoms with Crippen molar-refractivity contribution in [3.05, 3.63) is 22.1 Å². The fourth-order valence-electron chi connectivity index (χ4n) is 1.64. The molecule has 1 N–H and O–H groups in total. The van der Waals surface area contributed by atoms with Gasteiger partial charge in [0.1, 0.15) is 0 Å². The Hall–Kier alpha value is -1.10. The molecule has 1 aromatic carbocycles. The van der Waals surface area contributed by atoms with E-state index < -0.39 is 0 Å². The molecule has 0 amide bonds. The van der Waals surface area contributed by atoms with Gasteiger partial charge < -0.3 is 4.90 Å². The van der Waals surface area contributed by atoms with Crippen LogP contribution in [-0.2, 0) is 0 Å². The maximum Gasteiger partial charge on any atom is 0.152 e. The van der Waals surface area contributed by atoms with Crippen LogP contribution in [0, 0.1) is 12.7 Å². The molecule has 0 saturated heterocycles. The monoisotopic (exact) mass is 271 g/mol. The molecular formula is C10H11BrFN3. The second kappa shape index (κ2) is 3.48. The van der Waals surface area contributed by atoms with Crippen LogP contribution in [-0.4, -0.2) is 24.3 Å². The molecule has 2 rings (SSSR count). The van der Waals surface area contributed by atoms with Crippen molar-refractivity contribution in [1.82, 2.24) is 10.2 Å². The van der Waals surface area contributed by atoms with Gasteiger partial charge in [-0.25, -0.2) is 4.39 Å². The first-order valence-electron chi connectivity index (χ1n) is 4.52. The minimum absolute atomic E-state index is 0.219. The summed E-state index contributed by atoms with van der Waals surface area (Å²) in [7, 11) is 3.62. The standard InChI is InChI=1S/C10H11BrFN3/c1-5-7(11)6-4-13-14-9(6)10(8(5)12)15(2)3/h4H,1-3H3,(H,13,14). The second-order valence-electron chi connectivity index (χ2n) is 3.65. The Morgan fingerprint density at radius 2 is 2.13 bits per heavy atom. The van der Waals surface area contributed by atoms with Crippen molar-refractivity contribution < 1.29 is 4.39 Å². The first-order chi connectivity index (χ1) is 7.04. The third-order valence-electron chi connectivity index (χ3n) is 2.43. The highest BCUT2D eigenvalue weighted by Crippen LogP contribution is 2.36. The Labute approximate surface area is 95.4 Å². The summed E-state index contributed by atoms with van der Waals surface area (Å²) in [5.41, 5.74) is 1.87. The zero-order chi connectivity index (χ0) is 11.2. The van der Waals surface area contributed by atoms with Crippen LogP contribution in [0.1, 0.15) is 5.56 Å². The zero-order valence-electron chi connectivity index (χ0n) is 8.73. The molecule has 0 unspecified atom stereocenters. The fourth-order valence-corrected chi connectivity index (χ4v) is 2.11. The third kappa shape index (κ3) is 1.42. The van der Waals surface area contributed by atoms with E-state index in [1.165, 1.54) is 0 Å². The molecule has 0 aliphatic heterocycles. The van der Waals surface area contributed by atoms with E-state index in [4.69, 9.17) is 0 Å². The summed E-state index contributed by atoms with van der Waals surface area (Å²) < 4.78 is 14.8. The molecule has 1 aromatic heterocycles. The predicted molar refractivity (Wildman–Crippen MR) is 62.8 cm³/mol. The Morgan fingerprint density at radius 1 is 1.47 bits per heavy atom. The highest BCUT2D eigenvalue weighted by Gasteiger charge is 2.18.